The largest absolute Gasteiger partial charge is 0.486 e. The molecule has 4 heteroatoms. The van der Waals surface area contributed by atoms with Gasteiger partial charge in [-0.15, -0.1) is 11.6 Å². The molecule has 86 valence electrons. The molecule has 0 amide bonds. The highest BCUT2D eigenvalue weighted by Crippen LogP contribution is 2.33. The lowest BCUT2D eigenvalue weighted by Gasteiger charge is -2.20. The average Bonchev–Trinajstić information content (AvgIpc) is 2.27. The molecule has 0 fully saturated rings. The Morgan fingerprint density at radius 3 is 2.44 bits per heavy atom. The van der Waals surface area contributed by atoms with Gasteiger partial charge in [0.15, 0.2) is 17.3 Å². The van der Waals surface area contributed by atoms with E-state index in [2.05, 4.69) is 0 Å². The lowest BCUT2D eigenvalue weighted by atomic mass is 10.0. The van der Waals surface area contributed by atoms with Crippen LogP contribution < -0.4 is 9.47 Å². The van der Waals surface area contributed by atoms with Crippen LogP contribution in [0.4, 0.5) is 0 Å². The van der Waals surface area contributed by atoms with Crippen molar-refractivity contribution >= 4 is 17.4 Å². The van der Waals surface area contributed by atoms with E-state index in [-0.39, 0.29) is 5.78 Å². The maximum atomic E-state index is 11.8. The number of ketones is 1. The molecule has 0 aromatic heterocycles. The summed E-state index contributed by atoms with van der Waals surface area (Å²) in [6, 6.07) is 3.53. The molecule has 1 aliphatic heterocycles. The van der Waals surface area contributed by atoms with E-state index in [4.69, 9.17) is 21.1 Å². The SMILES string of the molecule is Cc1cc2c(cc1C(=O)C(C)Cl)OCCO2. The van der Waals surface area contributed by atoms with Gasteiger partial charge in [0.2, 0.25) is 0 Å². The summed E-state index contributed by atoms with van der Waals surface area (Å²) in [6.45, 7) is 4.59. The molecule has 0 bridgehead atoms. The molecule has 1 aromatic rings. The van der Waals surface area contributed by atoms with Gasteiger partial charge in [0, 0.05) is 5.56 Å². The first-order chi connectivity index (χ1) is 7.59. The third-order valence-corrected chi connectivity index (χ3v) is 2.71. The van der Waals surface area contributed by atoms with E-state index >= 15 is 0 Å². The maximum Gasteiger partial charge on any atom is 0.180 e. The standard InChI is InChI=1S/C12H13ClO3/c1-7-5-10-11(16-4-3-15-10)6-9(7)12(14)8(2)13/h5-6,8H,3-4H2,1-2H3. The molecule has 0 saturated heterocycles. The lowest BCUT2D eigenvalue weighted by molar-refractivity contribution is 0.0990. The van der Waals surface area contributed by atoms with Crippen LogP contribution >= 0.6 is 11.6 Å². The number of rotatable bonds is 2. The van der Waals surface area contributed by atoms with Gasteiger partial charge in [-0.2, -0.15) is 0 Å². The molecule has 16 heavy (non-hydrogen) atoms. The summed E-state index contributed by atoms with van der Waals surface area (Å²) in [6.07, 6.45) is 0. The third-order valence-electron chi connectivity index (χ3n) is 2.52. The Morgan fingerprint density at radius 2 is 1.88 bits per heavy atom. The van der Waals surface area contributed by atoms with Gasteiger partial charge in [0.05, 0.1) is 5.38 Å². The summed E-state index contributed by atoms with van der Waals surface area (Å²) in [4.78, 5) is 11.8. The van der Waals surface area contributed by atoms with E-state index in [1.165, 1.54) is 0 Å². The van der Waals surface area contributed by atoms with Gasteiger partial charge in [-0.3, -0.25) is 4.79 Å². The Morgan fingerprint density at radius 1 is 1.31 bits per heavy atom. The van der Waals surface area contributed by atoms with Crippen molar-refractivity contribution in [1.82, 2.24) is 0 Å². The van der Waals surface area contributed by atoms with Crippen molar-refractivity contribution in [2.24, 2.45) is 0 Å². The number of halogens is 1. The fourth-order valence-electron chi connectivity index (χ4n) is 1.67. The van der Waals surface area contributed by atoms with E-state index in [0.717, 1.165) is 5.56 Å². The van der Waals surface area contributed by atoms with Crippen LogP contribution in [-0.4, -0.2) is 24.4 Å². The Bertz CT molecular complexity index is 427. The zero-order valence-corrected chi connectivity index (χ0v) is 10.0. The molecule has 0 spiro atoms. The molecule has 3 nitrogen and oxygen atoms in total. The van der Waals surface area contributed by atoms with Crippen LogP contribution in [0.5, 0.6) is 11.5 Å². The predicted octanol–water partition coefficient (Wildman–Crippen LogP) is 2.58. The van der Waals surface area contributed by atoms with Crippen LogP contribution in [0, 0.1) is 6.92 Å². The number of Topliss-reactive ketones (excluding diaryl/α,β-unsaturated/α-hetero) is 1. The van der Waals surface area contributed by atoms with Gasteiger partial charge in [0.25, 0.3) is 0 Å². The summed E-state index contributed by atoms with van der Waals surface area (Å²) >= 11 is 5.80. The average molecular weight is 241 g/mol. The zero-order valence-electron chi connectivity index (χ0n) is 9.25. The molecule has 0 N–H and O–H groups in total. The molecule has 1 aromatic carbocycles. The highest BCUT2D eigenvalue weighted by Gasteiger charge is 2.20. The van der Waals surface area contributed by atoms with E-state index < -0.39 is 5.38 Å². The van der Waals surface area contributed by atoms with E-state index in [1.54, 1.807) is 13.0 Å². The lowest BCUT2D eigenvalue weighted by Crippen LogP contribution is -2.18. The van der Waals surface area contributed by atoms with Crippen LogP contribution in [0.15, 0.2) is 12.1 Å². The van der Waals surface area contributed by atoms with E-state index in [1.807, 2.05) is 13.0 Å². The van der Waals surface area contributed by atoms with Gasteiger partial charge in [0.1, 0.15) is 13.2 Å². The van der Waals surface area contributed by atoms with Gasteiger partial charge in [-0.25, -0.2) is 0 Å². The molecular weight excluding hydrogens is 228 g/mol. The van der Waals surface area contributed by atoms with E-state index in [9.17, 15) is 4.79 Å². The second-order valence-electron chi connectivity index (χ2n) is 3.79. The van der Waals surface area contributed by atoms with Crippen molar-refractivity contribution in [1.29, 1.82) is 0 Å². The summed E-state index contributed by atoms with van der Waals surface area (Å²) in [7, 11) is 0. The molecule has 1 atom stereocenters. The molecule has 0 saturated carbocycles. The minimum atomic E-state index is -0.527. The number of fused-ring (bicyclic) bond motifs is 1. The Labute approximate surface area is 99.3 Å². The molecule has 0 radical (unpaired) electrons. The first kappa shape index (κ1) is 11.3. The van der Waals surface area contributed by atoms with Crippen molar-refractivity contribution in [3.63, 3.8) is 0 Å². The molecule has 0 aliphatic carbocycles. The van der Waals surface area contributed by atoms with Crippen LogP contribution in [0.3, 0.4) is 0 Å². The predicted molar refractivity (Wildman–Crippen MR) is 61.8 cm³/mol. The Hall–Kier alpha value is -1.22. The van der Waals surface area contributed by atoms with Crippen LogP contribution in [0.25, 0.3) is 0 Å². The fraction of sp³-hybridized carbons (Fsp3) is 0.417. The molecule has 2 rings (SSSR count). The second-order valence-corrected chi connectivity index (χ2v) is 4.45. The number of carbonyl (C=O) groups excluding carboxylic acids is 1. The highest BCUT2D eigenvalue weighted by molar-refractivity contribution is 6.33. The monoisotopic (exact) mass is 240 g/mol. The zero-order chi connectivity index (χ0) is 11.7. The number of benzene rings is 1. The number of ether oxygens (including phenoxy) is 2. The molecular formula is C12H13ClO3. The summed E-state index contributed by atoms with van der Waals surface area (Å²) in [5.74, 6) is 1.23. The van der Waals surface area contributed by atoms with Crippen molar-refractivity contribution < 1.29 is 14.3 Å². The van der Waals surface area contributed by atoms with Crippen molar-refractivity contribution in [3.8, 4) is 11.5 Å². The van der Waals surface area contributed by atoms with Gasteiger partial charge in [-0.05, 0) is 31.5 Å². The first-order valence-electron chi connectivity index (χ1n) is 5.18. The van der Waals surface area contributed by atoms with Crippen LogP contribution in [-0.2, 0) is 0 Å². The first-order valence-corrected chi connectivity index (χ1v) is 5.62. The smallest absolute Gasteiger partial charge is 0.180 e. The fourth-order valence-corrected chi connectivity index (χ4v) is 1.79. The van der Waals surface area contributed by atoms with Crippen LogP contribution in [0.1, 0.15) is 22.8 Å². The van der Waals surface area contributed by atoms with Gasteiger partial charge < -0.3 is 9.47 Å². The molecule has 1 aliphatic rings. The minimum Gasteiger partial charge on any atom is -0.486 e. The Kier molecular flexibility index (Phi) is 3.06. The number of alkyl halides is 1. The minimum absolute atomic E-state index is 0.0869. The van der Waals surface area contributed by atoms with E-state index in [0.29, 0.717) is 30.3 Å². The molecule has 1 heterocycles. The van der Waals surface area contributed by atoms with Gasteiger partial charge in [-0.1, -0.05) is 0 Å². The normalized spacial score (nSPS) is 15.7. The number of hydrogen-bond acceptors (Lipinski definition) is 3. The Balaban J connectivity index is 2.43. The topological polar surface area (TPSA) is 35.5 Å². The summed E-state index contributed by atoms with van der Waals surface area (Å²) in [5.41, 5.74) is 1.47. The quantitative estimate of drug-likeness (QED) is 0.589. The van der Waals surface area contributed by atoms with Gasteiger partial charge >= 0.3 is 0 Å². The third kappa shape index (κ3) is 2.00. The summed E-state index contributed by atoms with van der Waals surface area (Å²) in [5, 5.41) is -0.527. The second kappa shape index (κ2) is 4.34. The van der Waals surface area contributed by atoms with Crippen LogP contribution in [0.2, 0.25) is 0 Å². The number of aryl methyl sites for hydroxylation is 1. The molecule has 1 unspecified atom stereocenters. The number of hydrogen-bond donors (Lipinski definition) is 0. The summed E-state index contributed by atoms with van der Waals surface area (Å²) < 4.78 is 10.9. The highest BCUT2D eigenvalue weighted by atomic mass is 35.5. The van der Waals surface area contributed by atoms with Crippen molar-refractivity contribution in [2.75, 3.05) is 13.2 Å². The maximum absolute atomic E-state index is 11.8. The van der Waals surface area contributed by atoms with Crippen molar-refractivity contribution in [3.05, 3.63) is 23.3 Å². The van der Waals surface area contributed by atoms with Crippen molar-refractivity contribution in [2.45, 2.75) is 19.2 Å². The number of carbonyl (C=O) groups is 1.